The number of carbonyl (C=O) groups is 1. The average Bonchev–Trinajstić information content (AvgIpc) is 3.40. The lowest BCUT2D eigenvalue weighted by molar-refractivity contribution is -0.135. The number of benzene rings is 1. The largest absolute Gasteiger partial charge is 0.461 e. The summed E-state index contributed by atoms with van der Waals surface area (Å²) in [6, 6.07) is 8.95. The summed E-state index contributed by atoms with van der Waals surface area (Å²) in [5.41, 5.74) is 0.410. The molecule has 1 aromatic heterocycles. The highest BCUT2D eigenvalue weighted by Crippen LogP contribution is 2.50. The molecule has 3 heterocycles. The van der Waals surface area contributed by atoms with Crippen LogP contribution in [0.4, 0.5) is 0 Å². The molecule has 4 aliphatic rings. The smallest absolute Gasteiger partial charge is 0.362 e. The Kier molecular flexibility index (Phi) is 6.32. The van der Waals surface area contributed by atoms with Gasteiger partial charge in [0.2, 0.25) is 5.71 Å². The number of fused-ring (bicyclic) bond motifs is 5. The predicted molar refractivity (Wildman–Crippen MR) is 136 cm³/mol. The quantitative estimate of drug-likeness (QED) is 0.290. The molecule has 1 aromatic carbocycles. The number of para-hydroxylation sites is 2. The number of carbonyl (C=O) groups excluding carboxylic acids is 1. The van der Waals surface area contributed by atoms with Crippen LogP contribution in [0.3, 0.4) is 0 Å². The fourth-order valence-corrected chi connectivity index (χ4v) is 7.98. The van der Waals surface area contributed by atoms with Crippen molar-refractivity contribution in [3.63, 3.8) is 0 Å². The molecular formula is C28H36N4O4. The third kappa shape index (κ3) is 3.94. The molecule has 1 N–H and O–H groups in total. The second-order valence-electron chi connectivity index (χ2n) is 11.2. The molecule has 2 saturated heterocycles. The summed E-state index contributed by atoms with van der Waals surface area (Å²) in [5, 5.41) is 12.8. The molecule has 8 heteroatoms. The second kappa shape index (κ2) is 9.61. The van der Waals surface area contributed by atoms with Crippen molar-refractivity contribution in [3.05, 3.63) is 40.3 Å². The molecule has 192 valence electrons. The molecule has 2 aliphatic carbocycles. The van der Waals surface area contributed by atoms with E-state index in [1.807, 2.05) is 28.8 Å². The molecule has 0 radical (unpaired) electrons. The summed E-state index contributed by atoms with van der Waals surface area (Å²) in [5.74, 6) is 0.850. The zero-order valence-electron chi connectivity index (χ0n) is 21.0. The minimum Gasteiger partial charge on any atom is -0.461 e. The van der Waals surface area contributed by atoms with Crippen molar-refractivity contribution in [2.75, 3.05) is 6.61 Å². The first-order valence-electron chi connectivity index (χ1n) is 13.8. The molecule has 6 rings (SSSR count). The maximum atomic E-state index is 13.9. The fraction of sp³-hybridized carbons (Fsp3) is 0.643. The summed E-state index contributed by atoms with van der Waals surface area (Å²) in [4.78, 5) is 33.7. The van der Waals surface area contributed by atoms with Crippen LogP contribution >= 0.6 is 0 Å². The molecule has 5 atom stereocenters. The molecule has 0 spiro atoms. The number of rotatable bonds is 5. The van der Waals surface area contributed by atoms with E-state index in [1.165, 1.54) is 51.4 Å². The number of oxime groups is 1. The van der Waals surface area contributed by atoms with Crippen molar-refractivity contribution < 1.29 is 14.7 Å². The Balaban J connectivity index is 1.39. The summed E-state index contributed by atoms with van der Waals surface area (Å²) in [7, 11) is 0. The van der Waals surface area contributed by atoms with Crippen LogP contribution in [0, 0.1) is 11.8 Å². The Hall–Kier alpha value is -2.74. The van der Waals surface area contributed by atoms with Crippen molar-refractivity contribution in [2.24, 2.45) is 17.0 Å². The Morgan fingerprint density at radius 3 is 2.50 bits per heavy atom. The third-order valence-corrected chi connectivity index (χ3v) is 9.25. The number of hydrogen-bond donors (Lipinski definition) is 1. The van der Waals surface area contributed by atoms with Gasteiger partial charge in [-0.1, -0.05) is 43.0 Å². The molecular weight excluding hydrogens is 456 g/mol. The van der Waals surface area contributed by atoms with Crippen molar-refractivity contribution in [3.8, 4) is 0 Å². The van der Waals surface area contributed by atoms with Gasteiger partial charge in [0.25, 0.3) is 5.56 Å². The van der Waals surface area contributed by atoms with Gasteiger partial charge < -0.3 is 14.5 Å². The lowest BCUT2D eigenvalue weighted by Gasteiger charge is -2.41. The Morgan fingerprint density at radius 2 is 1.78 bits per heavy atom. The standard InChI is InChI=1S/C28H36N4O4/c1-2-36-28(34)26(30-35)25-27(33)32(22-10-6-5-9-21(22)29-25)24-16-19-11-12-23(24)31(19)20-14-17-7-3-4-8-18(13-17)15-20/h5-6,9-10,17-20,23-24,35H,2-4,7-8,11-16H2,1H3/b30-26-/t17?,18?,19-,20?,23+,24+/m0/s1. The van der Waals surface area contributed by atoms with Crippen molar-refractivity contribution in [1.29, 1.82) is 0 Å². The van der Waals surface area contributed by atoms with E-state index in [2.05, 4.69) is 15.0 Å². The van der Waals surface area contributed by atoms with E-state index < -0.39 is 11.7 Å². The molecule has 0 amide bonds. The second-order valence-corrected chi connectivity index (χ2v) is 11.2. The lowest BCUT2D eigenvalue weighted by Crippen LogP contribution is -2.45. The average molecular weight is 493 g/mol. The minimum atomic E-state index is -0.842. The van der Waals surface area contributed by atoms with Gasteiger partial charge in [0.1, 0.15) is 0 Å². The summed E-state index contributed by atoms with van der Waals surface area (Å²) < 4.78 is 6.89. The van der Waals surface area contributed by atoms with Gasteiger partial charge in [-0.15, -0.1) is 0 Å². The Bertz CT molecular complexity index is 1230. The maximum absolute atomic E-state index is 13.9. The monoisotopic (exact) mass is 492 g/mol. The summed E-state index contributed by atoms with van der Waals surface area (Å²) in [6.45, 7) is 1.79. The first-order chi connectivity index (χ1) is 17.6. The topological polar surface area (TPSA) is 97.0 Å². The Morgan fingerprint density at radius 1 is 1.03 bits per heavy atom. The van der Waals surface area contributed by atoms with E-state index in [0.29, 0.717) is 23.6 Å². The van der Waals surface area contributed by atoms with Crippen LogP contribution in [0.2, 0.25) is 0 Å². The van der Waals surface area contributed by atoms with Gasteiger partial charge in [-0.2, -0.15) is 0 Å². The van der Waals surface area contributed by atoms with Crippen molar-refractivity contribution >= 4 is 22.7 Å². The first-order valence-corrected chi connectivity index (χ1v) is 13.8. The highest BCUT2D eigenvalue weighted by Gasteiger charge is 2.51. The van der Waals surface area contributed by atoms with E-state index in [9.17, 15) is 14.8 Å². The van der Waals surface area contributed by atoms with Crippen molar-refractivity contribution in [1.82, 2.24) is 14.5 Å². The van der Waals surface area contributed by atoms with Crippen molar-refractivity contribution in [2.45, 2.75) is 95.3 Å². The fourth-order valence-electron chi connectivity index (χ4n) is 7.98. The number of hydrogen-bond acceptors (Lipinski definition) is 7. The lowest BCUT2D eigenvalue weighted by atomic mass is 9.77. The van der Waals surface area contributed by atoms with Gasteiger partial charge in [0.15, 0.2) is 5.69 Å². The van der Waals surface area contributed by atoms with E-state index >= 15 is 0 Å². The molecule has 8 nitrogen and oxygen atoms in total. The number of esters is 1. The van der Waals surface area contributed by atoms with Crippen LogP contribution in [0.15, 0.2) is 34.2 Å². The van der Waals surface area contributed by atoms with Gasteiger partial charge in [0, 0.05) is 18.1 Å². The van der Waals surface area contributed by atoms with Crippen LogP contribution in [0.1, 0.15) is 82.9 Å². The number of nitrogens with zero attached hydrogens (tertiary/aromatic N) is 4. The van der Waals surface area contributed by atoms with Gasteiger partial charge in [-0.3, -0.25) is 9.69 Å². The molecule has 2 saturated carbocycles. The van der Waals surface area contributed by atoms with Gasteiger partial charge >= 0.3 is 5.97 Å². The van der Waals surface area contributed by atoms with Crippen LogP contribution < -0.4 is 5.56 Å². The summed E-state index contributed by atoms with van der Waals surface area (Å²) in [6.07, 6.45) is 12.7. The van der Waals surface area contributed by atoms with Gasteiger partial charge in [-0.05, 0) is 69.4 Å². The number of ether oxygens (including phenoxy) is 1. The Labute approximate surface area is 211 Å². The highest BCUT2D eigenvalue weighted by molar-refractivity contribution is 6.42. The van der Waals surface area contributed by atoms with Crippen LogP contribution in [-0.4, -0.2) is 56.1 Å². The molecule has 4 fully saturated rings. The molecule has 2 aliphatic heterocycles. The first kappa shape index (κ1) is 23.6. The van der Waals surface area contributed by atoms with E-state index in [1.54, 1.807) is 6.92 Å². The van der Waals surface area contributed by atoms with E-state index in [0.717, 1.165) is 30.2 Å². The van der Waals surface area contributed by atoms with Crippen LogP contribution in [-0.2, 0) is 9.53 Å². The van der Waals surface area contributed by atoms with Crippen LogP contribution in [0.5, 0.6) is 0 Å². The van der Waals surface area contributed by atoms with Crippen LogP contribution in [0.25, 0.3) is 11.0 Å². The van der Waals surface area contributed by atoms with Gasteiger partial charge in [0.05, 0.1) is 23.7 Å². The van der Waals surface area contributed by atoms with Gasteiger partial charge in [-0.25, -0.2) is 9.78 Å². The highest BCUT2D eigenvalue weighted by atomic mass is 16.5. The molecule has 2 unspecified atom stereocenters. The molecule has 2 aromatic rings. The molecule has 4 bridgehead atoms. The van der Waals surface area contributed by atoms with E-state index in [4.69, 9.17) is 4.74 Å². The predicted octanol–water partition coefficient (Wildman–Crippen LogP) is 4.27. The third-order valence-electron chi connectivity index (χ3n) is 9.25. The summed E-state index contributed by atoms with van der Waals surface area (Å²) >= 11 is 0. The minimum absolute atomic E-state index is 0.00833. The molecule has 36 heavy (non-hydrogen) atoms. The SMILES string of the molecule is CCOC(=O)/C(=N\O)c1nc2ccccc2n([C@@H]2C[C@@H]3CC[C@H]2N3C2CC3CCCCC(C3)C2)c1=O. The normalized spacial score (nSPS) is 32.5. The zero-order chi connectivity index (χ0) is 24.8. The zero-order valence-corrected chi connectivity index (χ0v) is 21.0. The maximum Gasteiger partial charge on any atom is 0.362 e. The number of aromatic nitrogens is 2. The van der Waals surface area contributed by atoms with E-state index in [-0.39, 0.29) is 23.9 Å².